The number of carbonyl (C=O) groups is 3. The molecule has 2 aromatic rings. The second-order valence-electron chi connectivity index (χ2n) is 9.71. The van der Waals surface area contributed by atoms with Gasteiger partial charge >= 0.3 is 10.8 Å². The molecule has 2 amide bonds. The third-order valence-electron chi connectivity index (χ3n) is 8.23. The number of hydrogen-bond donors (Lipinski definition) is 3. The third kappa shape index (κ3) is 3.16. The van der Waals surface area contributed by atoms with Crippen LogP contribution in [0.25, 0.3) is 0 Å². The average Bonchev–Trinajstić information content (AvgIpc) is 3.57. The minimum absolute atomic E-state index is 0.000895. The van der Waals surface area contributed by atoms with E-state index in [9.17, 15) is 24.3 Å². The molecular weight excluding hydrogens is 508 g/mol. The smallest absolute Gasteiger partial charge is 0.305 e. The molecule has 2 bridgehead atoms. The summed E-state index contributed by atoms with van der Waals surface area (Å²) in [6.07, 6.45) is 0.450. The van der Waals surface area contributed by atoms with Crippen molar-refractivity contribution in [3.05, 3.63) is 32.2 Å². The van der Waals surface area contributed by atoms with Gasteiger partial charge in [-0.2, -0.15) is 0 Å². The largest absolute Gasteiger partial charge is 0.502 e. The number of nitrogens with one attached hydrogen (secondary N) is 1. The summed E-state index contributed by atoms with van der Waals surface area (Å²) in [6.45, 7) is -0.113. The number of ether oxygens (including phenoxy) is 2. The number of carboxylic acid groups (broad SMARTS) is 1. The van der Waals surface area contributed by atoms with E-state index in [4.69, 9.17) is 14.6 Å². The number of carboxylic acids is 1. The monoisotopic (exact) mass is 532 g/mol. The van der Waals surface area contributed by atoms with Crippen LogP contribution in [0, 0.1) is 29.6 Å². The zero-order chi connectivity index (χ0) is 25.5. The van der Waals surface area contributed by atoms with Gasteiger partial charge in [-0.1, -0.05) is 11.3 Å². The first-order valence-electron chi connectivity index (χ1n) is 11.7. The maximum Gasteiger partial charge on any atom is 0.305 e. The summed E-state index contributed by atoms with van der Waals surface area (Å²) in [5, 5.41) is 20.3. The van der Waals surface area contributed by atoms with Crippen LogP contribution in [-0.2, 0) is 14.4 Å². The van der Waals surface area contributed by atoms with Crippen LogP contribution in [-0.4, -0.2) is 63.9 Å². The number of carbonyl (C=O) groups excluding carboxylic acids is 2. The number of aliphatic carboxylic acids is 1. The molecule has 7 atom stereocenters. The number of H-pyrrole nitrogens is 1. The number of nitrogens with zero attached hydrogens (tertiary/aromatic N) is 1. The first-order valence-corrected chi connectivity index (χ1v) is 13.4. The van der Waals surface area contributed by atoms with E-state index in [1.807, 2.05) is 0 Å². The Bertz CT molecular complexity index is 1330. The molecule has 2 aliphatic heterocycles. The molecule has 1 saturated heterocycles. The van der Waals surface area contributed by atoms with E-state index in [1.54, 1.807) is 23.9 Å². The molecule has 190 valence electrons. The SMILES string of the molecule is COc1cc([C@@H]2c3sc(=O)[nH]c3S[C@@H]3[C@@H]4C[C@H]([C@H]5C(=O)N(CCC(=O)O)C(=O)[C@H]45)[C@H]23)cc(OC)c1O. The molecule has 36 heavy (non-hydrogen) atoms. The van der Waals surface area contributed by atoms with E-state index in [0.717, 1.165) is 38.1 Å². The van der Waals surface area contributed by atoms with Crippen LogP contribution in [0.15, 0.2) is 22.0 Å². The molecule has 0 spiro atoms. The quantitative estimate of drug-likeness (QED) is 0.476. The lowest BCUT2D eigenvalue weighted by Gasteiger charge is -2.43. The summed E-state index contributed by atoms with van der Waals surface area (Å²) >= 11 is 2.71. The molecule has 6 rings (SSSR count). The Hall–Kier alpha value is -2.99. The molecule has 3 fully saturated rings. The molecule has 1 aromatic carbocycles. The van der Waals surface area contributed by atoms with E-state index in [1.165, 1.54) is 14.2 Å². The highest BCUT2D eigenvalue weighted by Crippen LogP contribution is 2.68. The number of thioether (sulfide) groups is 1. The summed E-state index contributed by atoms with van der Waals surface area (Å²) in [7, 11) is 2.91. The number of benzene rings is 1. The van der Waals surface area contributed by atoms with Gasteiger partial charge in [-0.05, 0) is 41.9 Å². The van der Waals surface area contributed by atoms with Crippen LogP contribution in [0.4, 0.5) is 0 Å². The fourth-order valence-corrected chi connectivity index (χ4v) is 9.86. The van der Waals surface area contributed by atoms with E-state index in [0.29, 0.717) is 0 Å². The van der Waals surface area contributed by atoms with Crippen molar-refractivity contribution in [2.24, 2.45) is 29.6 Å². The minimum Gasteiger partial charge on any atom is -0.502 e. The van der Waals surface area contributed by atoms with Crippen LogP contribution >= 0.6 is 23.1 Å². The van der Waals surface area contributed by atoms with Gasteiger partial charge in [0, 0.05) is 22.6 Å². The van der Waals surface area contributed by atoms with E-state index in [2.05, 4.69) is 4.98 Å². The molecule has 10 nitrogen and oxygen atoms in total. The first kappa shape index (κ1) is 23.4. The molecule has 1 aromatic heterocycles. The standard InChI is InChI=1S/C24H24N2O8S2/c1-33-11-5-8(6-12(34-2)18(11)29)14-15-9-7-10(19(15)35-21-20(14)36-24(32)25-21)17-16(9)22(30)26(23(17)31)4-3-13(27)28/h5-6,9-10,14-17,19,29H,3-4,7H2,1-2H3,(H,25,32)(H,27,28)/t9-,10+,14-,15+,16+,17+,19+/m0/s1. The van der Waals surface area contributed by atoms with Crippen molar-refractivity contribution in [2.45, 2.75) is 29.0 Å². The number of amides is 2. The van der Waals surface area contributed by atoms with Gasteiger partial charge in [0.15, 0.2) is 11.5 Å². The number of methoxy groups -OCH3 is 2. The predicted octanol–water partition coefficient (Wildman–Crippen LogP) is 2.11. The van der Waals surface area contributed by atoms with E-state index < -0.39 is 17.8 Å². The molecule has 0 unspecified atom stereocenters. The Kier molecular flexibility index (Phi) is 5.38. The van der Waals surface area contributed by atoms with Gasteiger partial charge in [0.1, 0.15) is 0 Å². The van der Waals surface area contributed by atoms with Crippen molar-refractivity contribution in [3.63, 3.8) is 0 Å². The molecule has 2 saturated carbocycles. The summed E-state index contributed by atoms with van der Waals surface area (Å²) in [4.78, 5) is 54.9. The Labute approximate surface area is 213 Å². The number of likely N-dealkylation sites (tertiary alicyclic amines) is 1. The van der Waals surface area contributed by atoms with Crippen LogP contribution in [0.5, 0.6) is 17.2 Å². The van der Waals surface area contributed by atoms with Crippen molar-refractivity contribution in [1.82, 2.24) is 9.88 Å². The molecule has 12 heteroatoms. The highest BCUT2D eigenvalue weighted by Gasteiger charge is 2.69. The second-order valence-corrected chi connectivity index (χ2v) is 11.9. The molecule has 3 N–H and O–H groups in total. The lowest BCUT2D eigenvalue weighted by molar-refractivity contribution is -0.142. The van der Waals surface area contributed by atoms with Gasteiger partial charge in [-0.25, -0.2) is 0 Å². The molecular formula is C24H24N2O8S2. The third-order valence-corrected chi connectivity index (χ3v) is 10.8. The number of imide groups is 1. The van der Waals surface area contributed by atoms with Crippen LogP contribution in [0.1, 0.15) is 29.2 Å². The lowest BCUT2D eigenvalue weighted by atomic mass is 9.68. The minimum atomic E-state index is -1.05. The zero-order valence-electron chi connectivity index (χ0n) is 19.4. The van der Waals surface area contributed by atoms with Gasteiger partial charge in [0.2, 0.25) is 17.6 Å². The van der Waals surface area contributed by atoms with Gasteiger partial charge in [0.25, 0.3) is 0 Å². The number of hydrogen-bond acceptors (Lipinski definition) is 9. The number of thiazole rings is 1. The number of rotatable bonds is 6. The van der Waals surface area contributed by atoms with E-state index in [-0.39, 0.29) is 75.8 Å². The van der Waals surface area contributed by atoms with Gasteiger partial charge in [-0.3, -0.25) is 24.1 Å². The molecule has 4 aliphatic rings. The molecule has 0 radical (unpaired) electrons. The Morgan fingerprint density at radius 2 is 1.75 bits per heavy atom. The van der Waals surface area contributed by atoms with Crippen molar-refractivity contribution < 1.29 is 34.1 Å². The Morgan fingerprint density at radius 1 is 1.11 bits per heavy atom. The van der Waals surface area contributed by atoms with Crippen LogP contribution < -0.4 is 14.3 Å². The number of aromatic nitrogens is 1. The predicted molar refractivity (Wildman–Crippen MR) is 129 cm³/mol. The number of phenolic OH excluding ortho intramolecular Hbond substituents is 1. The normalized spacial score (nSPS) is 31.8. The number of aromatic amines is 1. The van der Waals surface area contributed by atoms with Crippen LogP contribution in [0.2, 0.25) is 0 Å². The first-order chi connectivity index (χ1) is 17.2. The Morgan fingerprint density at radius 3 is 2.36 bits per heavy atom. The second kappa shape index (κ2) is 8.27. The maximum atomic E-state index is 13.4. The maximum absolute atomic E-state index is 13.4. The fraction of sp³-hybridized carbons (Fsp3) is 0.500. The lowest BCUT2D eigenvalue weighted by Crippen LogP contribution is -2.42. The molecule has 2 aliphatic carbocycles. The highest BCUT2D eigenvalue weighted by atomic mass is 32.2. The van der Waals surface area contributed by atoms with Crippen molar-refractivity contribution >= 4 is 40.9 Å². The zero-order valence-corrected chi connectivity index (χ0v) is 21.1. The summed E-state index contributed by atoms with van der Waals surface area (Å²) < 4.78 is 10.8. The average molecular weight is 533 g/mol. The number of aromatic hydroxyl groups is 1. The van der Waals surface area contributed by atoms with Gasteiger partial charge in [0.05, 0.1) is 37.5 Å². The van der Waals surface area contributed by atoms with Gasteiger partial charge < -0.3 is 24.7 Å². The number of fused-ring (bicyclic) bond motifs is 9. The van der Waals surface area contributed by atoms with Crippen LogP contribution in [0.3, 0.4) is 0 Å². The fourth-order valence-electron chi connectivity index (χ4n) is 6.97. The highest BCUT2D eigenvalue weighted by molar-refractivity contribution is 8.00. The van der Waals surface area contributed by atoms with E-state index >= 15 is 0 Å². The summed E-state index contributed by atoms with van der Waals surface area (Å²) in [6, 6.07) is 3.49. The molecule has 3 heterocycles. The number of phenols is 1. The van der Waals surface area contributed by atoms with Gasteiger partial charge in [-0.15, -0.1) is 11.8 Å². The topological polar surface area (TPSA) is 146 Å². The van der Waals surface area contributed by atoms with Crippen molar-refractivity contribution in [2.75, 3.05) is 20.8 Å². The Balaban J connectivity index is 1.45. The van der Waals surface area contributed by atoms with Crippen molar-refractivity contribution in [3.8, 4) is 17.2 Å². The van der Waals surface area contributed by atoms with Crippen molar-refractivity contribution in [1.29, 1.82) is 0 Å². The summed E-state index contributed by atoms with van der Waals surface area (Å²) in [5.74, 6) is -2.61. The summed E-state index contributed by atoms with van der Waals surface area (Å²) in [5.41, 5.74) is 0.803.